The van der Waals surface area contributed by atoms with Crippen molar-refractivity contribution in [1.29, 1.82) is 0 Å². The van der Waals surface area contributed by atoms with Crippen LogP contribution in [0.25, 0.3) is 0 Å². The largest absolute Gasteiger partial charge is 0.442 e. The molecule has 1 aliphatic heterocycles. The van der Waals surface area contributed by atoms with E-state index in [1.54, 1.807) is 11.8 Å². The van der Waals surface area contributed by atoms with Gasteiger partial charge in [0, 0.05) is 6.54 Å². The summed E-state index contributed by atoms with van der Waals surface area (Å²) in [5, 5.41) is 0. The van der Waals surface area contributed by atoms with E-state index in [-0.39, 0.29) is 6.04 Å². The Hall–Kier alpha value is -2.33. The van der Waals surface area contributed by atoms with Crippen LogP contribution >= 0.6 is 0 Å². The number of hydrogen-bond donors (Lipinski definition) is 0. The van der Waals surface area contributed by atoms with E-state index in [0.29, 0.717) is 13.2 Å². The number of carbonyl (C=O) groups excluding carboxylic acids is 1. The van der Waals surface area contributed by atoms with Crippen LogP contribution in [0.5, 0.6) is 0 Å². The van der Waals surface area contributed by atoms with Gasteiger partial charge in [-0.3, -0.25) is 9.79 Å². The Morgan fingerprint density at radius 1 is 1.14 bits per heavy atom. The molecule has 0 spiro atoms. The Labute approximate surface area is 130 Å². The average molecular weight is 297 g/mol. The number of nitrogens with zero attached hydrogens (tertiary/aromatic N) is 1. The molecule has 1 heterocycles. The summed E-state index contributed by atoms with van der Waals surface area (Å²) in [7, 11) is 0. The molecule has 114 valence electrons. The highest BCUT2D eigenvalue weighted by Crippen LogP contribution is 2.35. The molecule has 0 unspecified atom stereocenters. The Bertz CT molecular complexity index is 642. The van der Waals surface area contributed by atoms with Crippen molar-refractivity contribution >= 4 is 6.09 Å². The molecule has 2 aromatic rings. The third-order valence-corrected chi connectivity index (χ3v) is 3.88. The van der Waals surface area contributed by atoms with Crippen LogP contribution < -0.4 is 0 Å². The summed E-state index contributed by atoms with van der Waals surface area (Å²) in [5.41, 5.74) is 3.49. The van der Waals surface area contributed by atoms with E-state index in [9.17, 15) is 4.79 Å². The molecule has 0 aromatic heterocycles. The smallest absolute Gasteiger partial charge is 0.294 e. The van der Waals surface area contributed by atoms with Crippen LogP contribution in [-0.2, 0) is 16.2 Å². The van der Waals surface area contributed by atoms with Gasteiger partial charge in [0.15, 0.2) is 0 Å². The fourth-order valence-electron chi connectivity index (χ4n) is 2.92. The highest BCUT2D eigenvalue weighted by molar-refractivity contribution is 5.69. The van der Waals surface area contributed by atoms with Gasteiger partial charge in [-0.25, -0.2) is 4.79 Å². The lowest BCUT2D eigenvalue weighted by molar-refractivity contribution is -0.243. The quantitative estimate of drug-likeness (QED) is 0.640. The van der Waals surface area contributed by atoms with Crippen molar-refractivity contribution in [2.75, 3.05) is 13.2 Å². The number of fused-ring (bicyclic) bond motifs is 1. The molecule has 1 atom stereocenters. The lowest BCUT2D eigenvalue weighted by Gasteiger charge is -2.36. The third kappa shape index (κ3) is 2.83. The maximum atomic E-state index is 12.3. The number of benzene rings is 2. The Morgan fingerprint density at radius 3 is 2.64 bits per heavy atom. The molecule has 4 nitrogen and oxygen atoms in total. The summed E-state index contributed by atoms with van der Waals surface area (Å²) in [5.74, 6) is 0. The fraction of sp³-hybridized carbons (Fsp3) is 0.278. The standard InChI is InChI=1S/C18H19NO3/c1-2-21-22-18(20)19-13-12-14-8-6-7-11-16(14)17(19)15-9-4-3-5-10-15/h3-11,17H,2,12-13H2,1H3/t17-/m0/s1. The van der Waals surface area contributed by atoms with Crippen molar-refractivity contribution in [2.45, 2.75) is 19.4 Å². The minimum absolute atomic E-state index is 0.140. The summed E-state index contributed by atoms with van der Waals surface area (Å²) in [4.78, 5) is 23.8. The van der Waals surface area contributed by atoms with Crippen molar-refractivity contribution < 1.29 is 14.6 Å². The van der Waals surface area contributed by atoms with Crippen LogP contribution in [0, 0.1) is 0 Å². The van der Waals surface area contributed by atoms with Crippen molar-refractivity contribution in [3.63, 3.8) is 0 Å². The summed E-state index contributed by atoms with van der Waals surface area (Å²) in [6, 6.07) is 18.1. The molecule has 3 rings (SSSR count). The van der Waals surface area contributed by atoms with E-state index in [1.165, 1.54) is 5.56 Å². The SMILES string of the molecule is CCOOC(=O)N1CCc2ccccc2[C@@H]1c1ccccc1. The van der Waals surface area contributed by atoms with Gasteiger partial charge in [-0.1, -0.05) is 54.6 Å². The Balaban J connectivity index is 1.98. The van der Waals surface area contributed by atoms with Gasteiger partial charge in [0.25, 0.3) is 0 Å². The molecular weight excluding hydrogens is 278 g/mol. The van der Waals surface area contributed by atoms with Gasteiger partial charge in [0.2, 0.25) is 0 Å². The van der Waals surface area contributed by atoms with Gasteiger partial charge in [0.05, 0.1) is 12.6 Å². The van der Waals surface area contributed by atoms with E-state index < -0.39 is 6.09 Å². The van der Waals surface area contributed by atoms with Gasteiger partial charge in [-0.05, 0) is 30.0 Å². The van der Waals surface area contributed by atoms with E-state index in [2.05, 4.69) is 12.1 Å². The first-order valence-electron chi connectivity index (χ1n) is 7.54. The molecule has 1 amide bonds. The van der Waals surface area contributed by atoms with E-state index in [4.69, 9.17) is 9.78 Å². The molecule has 0 fully saturated rings. The summed E-state index contributed by atoms with van der Waals surface area (Å²) in [6.07, 6.45) is 0.381. The van der Waals surface area contributed by atoms with Crippen LogP contribution in [0.4, 0.5) is 4.79 Å². The predicted octanol–water partition coefficient (Wildman–Crippen LogP) is 3.72. The van der Waals surface area contributed by atoms with Crippen molar-refractivity contribution in [3.05, 3.63) is 71.3 Å². The number of carbonyl (C=O) groups is 1. The summed E-state index contributed by atoms with van der Waals surface area (Å²) in [6.45, 7) is 2.74. The highest BCUT2D eigenvalue weighted by Gasteiger charge is 2.33. The van der Waals surface area contributed by atoms with E-state index in [0.717, 1.165) is 17.5 Å². The average Bonchev–Trinajstić information content (AvgIpc) is 2.59. The topological polar surface area (TPSA) is 38.8 Å². The lowest BCUT2D eigenvalue weighted by Crippen LogP contribution is -2.40. The molecule has 1 aliphatic rings. The molecule has 22 heavy (non-hydrogen) atoms. The third-order valence-electron chi connectivity index (χ3n) is 3.88. The fourth-order valence-corrected chi connectivity index (χ4v) is 2.92. The maximum Gasteiger partial charge on any atom is 0.442 e. The van der Waals surface area contributed by atoms with Crippen molar-refractivity contribution in [1.82, 2.24) is 4.90 Å². The summed E-state index contributed by atoms with van der Waals surface area (Å²) < 4.78 is 0. The second kappa shape index (κ2) is 6.62. The lowest BCUT2D eigenvalue weighted by atomic mass is 9.88. The number of hydrogen-bond acceptors (Lipinski definition) is 3. The molecule has 0 radical (unpaired) electrons. The molecule has 0 aliphatic carbocycles. The Morgan fingerprint density at radius 2 is 1.86 bits per heavy atom. The zero-order chi connectivity index (χ0) is 15.4. The zero-order valence-electron chi connectivity index (χ0n) is 12.6. The molecule has 4 heteroatoms. The first-order chi connectivity index (χ1) is 10.8. The molecule has 0 saturated carbocycles. The zero-order valence-corrected chi connectivity index (χ0v) is 12.6. The minimum Gasteiger partial charge on any atom is -0.294 e. The molecule has 2 aromatic carbocycles. The summed E-state index contributed by atoms with van der Waals surface area (Å²) >= 11 is 0. The maximum absolute atomic E-state index is 12.3. The van der Waals surface area contributed by atoms with Crippen molar-refractivity contribution in [2.24, 2.45) is 0 Å². The van der Waals surface area contributed by atoms with Gasteiger partial charge in [0.1, 0.15) is 0 Å². The van der Waals surface area contributed by atoms with Crippen LogP contribution in [0.1, 0.15) is 29.7 Å². The molecule has 0 saturated heterocycles. The monoisotopic (exact) mass is 297 g/mol. The van der Waals surface area contributed by atoms with Crippen molar-refractivity contribution in [3.8, 4) is 0 Å². The van der Waals surface area contributed by atoms with Crippen LogP contribution in [0.3, 0.4) is 0 Å². The second-order valence-corrected chi connectivity index (χ2v) is 5.21. The first-order valence-corrected chi connectivity index (χ1v) is 7.54. The van der Waals surface area contributed by atoms with Gasteiger partial charge < -0.3 is 0 Å². The van der Waals surface area contributed by atoms with Crippen LogP contribution in [0.2, 0.25) is 0 Å². The number of amides is 1. The van der Waals surface area contributed by atoms with E-state index >= 15 is 0 Å². The Kier molecular flexibility index (Phi) is 4.39. The van der Waals surface area contributed by atoms with E-state index in [1.807, 2.05) is 42.5 Å². The first kappa shape index (κ1) is 14.6. The second-order valence-electron chi connectivity index (χ2n) is 5.21. The highest BCUT2D eigenvalue weighted by atomic mass is 17.2. The minimum atomic E-state index is -0.440. The van der Waals surface area contributed by atoms with Gasteiger partial charge in [-0.15, -0.1) is 0 Å². The van der Waals surface area contributed by atoms with Crippen LogP contribution in [0.15, 0.2) is 54.6 Å². The molecule has 0 bridgehead atoms. The normalized spacial score (nSPS) is 17.0. The predicted molar refractivity (Wildman–Crippen MR) is 83.2 cm³/mol. The van der Waals surface area contributed by atoms with Gasteiger partial charge in [-0.2, -0.15) is 4.89 Å². The molecular formula is C18H19NO3. The van der Waals surface area contributed by atoms with Gasteiger partial charge >= 0.3 is 6.09 Å². The number of rotatable bonds is 3. The molecule has 0 N–H and O–H groups in total. The van der Waals surface area contributed by atoms with Crippen LogP contribution in [-0.4, -0.2) is 24.1 Å².